The van der Waals surface area contributed by atoms with E-state index >= 15 is 0 Å². The van der Waals surface area contributed by atoms with Gasteiger partial charge in [-0.1, -0.05) is 32.4 Å². The van der Waals surface area contributed by atoms with E-state index in [0.717, 1.165) is 12.5 Å². The molecule has 0 amide bonds. The quantitative estimate of drug-likeness (QED) is 0.611. The van der Waals surface area contributed by atoms with Gasteiger partial charge in [0.25, 0.3) is 0 Å². The molecular weight excluding hydrogens is 224 g/mol. The van der Waals surface area contributed by atoms with Crippen LogP contribution in [0.15, 0.2) is 11.6 Å². The smallest absolute Gasteiger partial charge is 0.147 e. The van der Waals surface area contributed by atoms with E-state index in [1.165, 1.54) is 25.7 Å². The number of ether oxygens (including phenoxy) is 2. The molecule has 18 heavy (non-hydrogen) atoms. The van der Waals surface area contributed by atoms with Crippen molar-refractivity contribution in [2.45, 2.75) is 52.1 Å². The van der Waals surface area contributed by atoms with Gasteiger partial charge in [-0.2, -0.15) is 0 Å². The topological polar surface area (TPSA) is 18.5 Å². The first-order chi connectivity index (χ1) is 8.47. The SMILES string of the molecule is CC1(C)C=C2C[C@H]3COCO[C@@]34CC[C@@]4(C)[C@@H]2C1. The molecule has 1 spiro atoms. The summed E-state index contributed by atoms with van der Waals surface area (Å²) in [4.78, 5) is 0. The van der Waals surface area contributed by atoms with Crippen molar-refractivity contribution in [2.24, 2.45) is 22.7 Å². The molecule has 100 valence electrons. The number of rotatable bonds is 0. The molecule has 0 aromatic carbocycles. The predicted octanol–water partition coefficient (Wildman–Crippen LogP) is 3.52. The second-order valence-electron chi connectivity index (χ2n) is 7.81. The Labute approximate surface area is 110 Å². The fraction of sp³-hybridized carbons (Fsp3) is 0.875. The Morgan fingerprint density at radius 2 is 2.06 bits per heavy atom. The van der Waals surface area contributed by atoms with E-state index in [2.05, 4.69) is 26.8 Å². The van der Waals surface area contributed by atoms with Crippen LogP contribution in [-0.2, 0) is 9.47 Å². The summed E-state index contributed by atoms with van der Waals surface area (Å²) in [6.45, 7) is 8.66. The minimum absolute atomic E-state index is 0.147. The molecule has 3 aliphatic carbocycles. The van der Waals surface area contributed by atoms with Gasteiger partial charge in [-0.3, -0.25) is 0 Å². The molecule has 2 heteroatoms. The van der Waals surface area contributed by atoms with Crippen molar-refractivity contribution in [3.63, 3.8) is 0 Å². The summed E-state index contributed by atoms with van der Waals surface area (Å²) < 4.78 is 11.8. The largest absolute Gasteiger partial charge is 0.355 e. The third kappa shape index (κ3) is 1.17. The van der Waals surface area contributed by atoms with Crippen LogP contribution in [0.5, 0.6) is 0 Å². The van der Waals surface area contributed by atoms with E-state index in [1.54, 1.807) is 5.57 Å². The molecule has 3 fully saturated rings. The second-order valence-corrected chi connectivity index (χ2v) is 7.81. The predicted molar refractivity (Wildman–Crippen MR) is 70.1 cm³/mol. The molecule has 0 N–H and O–H groups in total. The minimum atomic E-state index is 0.147. The maximum atomic E-state index is 6.20. The second kappa shape index (κ2) is 3.21. The van der Waals surface area contributed by atoms with Crippen LogP contribution in [0.25, 0.3) is 0 Å². The van der Waals surface area contributed by atoms with Crippen molar-refractivity contribution in [1.82, 2.24) is 0 Å². The Morgan fingerprint density at radius 1 is 1.22 bits per heavy atom. The zero-order valence-electron chi connectivity index (χ0n) is 11.8. The van der Waals surface area contributed by atoms with E-state index in [4.69, 9.17) is 9.47 Å². The van der Waals surface area contributed by atoms with Crippen LogP contribution in [0.1, 0.15) is 46.5 Å². The molecule has 1 heterocycles. The summed E-state index contributed by atoms with van der Waals surface area (Å²) in [5.74, 6) is 1.36. The van der Waals surface area contributed by atoms with E-state index in [1.807, 2.05) is 0 Å². The van der Waals surface area contributed by atoms with Crippen molar-refractivity contribution < 1.29 is 9.47 Å². The minimum Gasteiger partial charge on any atom is -0.355 e. The lowest BCUT2D eigenvalue weighted by molar-refractivity contribution is -0.327. The summed E-state index contributed by atoms with van der Waals surface area (Å²) in [6, 6.07) is 0. The first kappa shape index (κ1) is 11.5. The van der Waals surface area contributed by atoms with Gasteiger partial charge < -0.3 is 9.47 Å². The third-order valence-corrected chi connectivity index (χ3v) is 6.37. The molecule has 2 nitrogen and oxygen atoms in total. The van der Waals surface area contributed by atoms with Crippen LogP contribution < -0.4 is 0 Å². The number of hydrogen-bond donors (Lipinski definition) is 0. The summed E-state index contributed by atoms with van der Waals surface area (Å²) in [7, 11) is 0. The van der Waals surface area contributed by atoms with Crippen molar-refractivity contribution >= 4 is 0 Å². The van der Waals surface area contributed by atoms with Crippen molar-refractivity contribution in [2.75, 3.05) is 13.4 Å². The molecular formula is C16H24O2. The molecule has 1 saturated heterocycles. The molecule has 0 radical (unpaired) electrons. The van der Waals surface area contributed by atoms with Crippen molar-refractivity contribution in [3.8, 4) is 0 Å². The summed E-state index contributed by atoms with van der Waals surface area (Å²) >= 11 is 0. The molecule has 4 atom stereocenters. The zero-order valence-corrected chi connectivity index (χ0v) is 11.8. The van der Waals surface area contributed by atoms with Crippen LogP contribution in [0.4, 0.5) is 0 Å². The van der Waals surface area contributed by atoms with Crippen LogP contribution >= 0.6 is 0 Å². The average Bonchev–Trinajstić information content (AvgIpc) is 2.62. The van der Waals surface area contributed by atoms with Crippen LogP contribution in [0.2, 0.25) is 0 Å². The number of hydrogen-bond acceptors (Lipinski definition) is 2. The standard InChI is InChI=1S/C16H24O2/c1-14(2)7-11-6-12-9-17-10-18-16(12)5-4-15(16,3)13(11)8-14/h7,12-13H,4-6,8-10H2,1-3H3/t12-,13+,15-,16-/m0/s1. The number of fused-ring (bicyclic) bond motifs is 2. The lowest BCUT2D eigenvalue weighted by Gasteiger charge is -2.67. The van der Waals surface area contributed by atoms with Gasteiger partial charge in [0.1, 0.15) is 6.79 Å². The van der Waals surface area contributed by atoms with E-state index in [-0.39, 0.29) is 5.60 Å². The molecule has 2 saturated carbocycles. The summed E-state index contributed by atoms with van der Waals surface area (Å²) in [5, 5.41) is 0. The van der Waals surface area contributed by atoms with Crippen LogP contribution in [-0.4, -0.2) is 19.0 Å². The molecule has 4 rings (SSSR count). The van der Waals surface area contributed by atoms with Gasteiger partial charge in [0.05, 0.1) is 12.2 Å². The maximum absolute atomic E-state index is 6.20. The van der Waals surface area contributed by atoms with E-state index < -0.39 is 0 Å². The normalized spacial score (nSPS) is 52.7. The van der Waals surface area contributed by atoms with Gasteiger partial charge in [-0.25, -0.2) is 0 Å². The van der Waals surface area contributed by atoms with Crippen molar-refractivity contribution in [1.29, 1.82) is 0 Å². The molecule has 1 aliphatic heterocycles. The van der Waals surface area contributed by atoms with Crippen molar-refractivity contribution in [3.05, 3.63) is 11.6 Å². The lowest BCUT2D eigenvalue weighted by atomic mass is 9.43. The zero-order chi connectivity index (χ0) is 12.6. The fourth-order valence-electron chi connectivity index (χ4n) is 5.39. The number of allylic oxidation sites excluding steroid dienone is 2. The molecule has 0 unspecified atom stereocenters. The Bertz CT molecular complexity index is 425. The first-order valence-corrected chi connectivity index (χ1v) is 7.40. The Hall–Kier alpha value is -0.340. The van der Waals surface area contributed by atoms with Crippen LogP contribution in [0.3, 0.4) is 0 Å². The molecule has 0 aromatic rings. The molecule has 4 aliphatic rings. The highest BCUT2D eigenvalue weighted by Gasteiger charge is 2.69. The Kier molecular flexibility index (Phi) is 2.05. The first-order valence-electron chi connectivity index (χ1n) is 7.40. The van der Waals surface area contributed by atoms with E-state index in [0.29, 0.717) is 23.5 Å². The average molecular weight is 248 g/mol. The highest BCUT2D eigenvalue weighted by atomic mass is 16.7. The molecule has 0 aromatic heterocycles. The van der Waals surface area contributed by atoms with Gasteiger partial charge in [0.2, 0.25) is 0 Å². The van der Waals surface area contributed by atoms with Crippen LogP contribution in [0, 0.1) is 22.7 Å². The Balaban J connectivity index is 1.77. The highest BCUT2D eigenvalue weighted by Crippen LogP contribution is 2.70. The van der Waals surface area contributed by atoms with E-state index in [9.17, 15) is 0 Å². The maximum Gasteiger partial charge on any atom is 0.147 e. The monoisotopic (exact) mass is 248 g/mol. The van der Waals surface area contributed by atoms with Gasteiger partial charge in [0, 0.05) is 11.3 Å². The lowest BCUT2D eigenvalue weighted by Crippen LogP contribution is -2.69. The summed E-state index contributed by atoms with van der Waals surface area (Å²) in [5.41, 5.74) is 2.61. The van der Waals surface area contributed by atoms with Gasteiger partial charge >= 0.3 is 0 Å². The third-order valence-electron chi connectivity index (χ3n) is 6.37. The van der Waals surface area contributed by atoms with Gasteiger partial charge in [-0.05, 0) is 37.0 Å². The van der Waals surface area contributed by atoms with Gasteiger partial charge in [0.15, 0.2) is 0 Å². The highest BCUT2D eigenvalue weighted by molar-refractivity contribution is 5.32. The van der Waals surface area contributed by atoms with Gasteiger partial charge in [-0.15, -0.1) is 0 Å². The molecule has 0 bridgehead atoms. The Morgan fingerprint density at radius 3 is 2.78 bits per heavy atom. The fourth-order valence-corrected chi connectivity index (χ4v) is 5.39. The summed E-state index contributed by atoms with van der Waals surface area (Å²) in [6.07, 6.45) is 7.67.